The summed E-state index contributed by atoms with van der Waals surface area (Å²) in [6.45, 7) is 2.26. The van der Waals surface area contributed by atoms with Gasteiger partial charge in [-0.05, 0) is 32.4 Å². The summed E-state index contributed by atoms with van der Waals surface area (Å²) in [5.41, 5.74) is 1.12. The molecule has 0 saturated carbocycles. The van der Waals surface area contributed by atoms with Crippen molar-refractivity contribution >= 4 is 0 Å². The van der Waals surface area contributed by atoms with Crippen molar-refractivity contribution in [2.45, 2.75) is 25.2 Å². The third kappa shape index (κ3) is 1.64. The Balaban J connectivity index is 2.02. The first-order valence-corrected chi connectivity index (χ1v) is 4.53. The predicted octanol–water partition coefficient (Wildman–Crippen LogP) is 0.662. The summed E-state index contributed by atoms with van der Waals surface area (Å²) in [6.07, 6.45) is 5.51. The highest BCUT2D eigenvalue weighted by atomic mass is 15.3. The highest BCUT2D eigenvalue weighted by Crippen LogP contribution is 2.23. The lowest BCUT2D eigenvalue weighted by Gasteiger charge is -2.08. The second kappa shape index (κ2) is 3.67. The van der Waals surface area contributed by atoms with Gasteiger partial charge in [-0.15, -0.1) is 0 Å². The molecule has 1 unspecified atom stereocenters. The maximum absolute atomic E-state index is 4.12. The first kappa shape index (κ1) is 7.73. The van der Waals surface area contributed by atoms with E-state index in [1.165, 1.54) is 19.3 Å². The Morgan fingerprint density at radius 2 is 2.33 bits per heavy atom. The van der Waals surface area contributed by atoms with E-state index in [1.54, 1.807) is 0 Å². The molecular formula is C8H14N4. The van der Waals surface area contributed by atoms with Crippen molar-refractivity contribution in [2.24, 2.45) is 0 Å². The lowest BCUT2D eigenvalue weighted by molar-refractivity contribution is 0.592. The largest absolute Gasteiger partial charge is 0.317 e. The van der Waals surface area contributed by atoms with E-state index in [-0.39, 0.29) is 0 Å². The van der Waals surface area contributed by atoms with Gasteiger partial charge in [0.1, 0.15) is 0 Å². The van der Waals surface area contributed by atoms with Gasteiger partial charge in [0.2, 0.25) is 0 Å². The van der Waals surface area contributed by atoms with Crippen molar-refractivity contribution < 1.29 is 0 Å². The summed E-state index contributed by atoms with van der Waals surface area (Å²) in [6, 6.07) is 0. The minimum Gasteiger partial charge on any atom is -0.317 e. The number of nitrogens with one attached hydrogen (secondary N) is 2. The summed E-state index contributed by atoms with van der Waals surface area (Å²) in [5.74, 6) is 0.610. The molecule has 0 bridgehead atoms. The molecule has 2 rings (SSSR count). The Labute approximate surface area is 71.8 Å². The van der Waals surface area contributed by atoms with Crippen LogP contribution >= 0.6 is 0 Å². The fourth-order valence-corrected chi connectivity index (χ4v) is 1.72. The summed E-state index contributed by atoms with van der Waals surface area (Å²) in [7, 11) is 0. The summed E-state index contributed by atoms with van der Waals surface area (Å²) < 4.78 is 0. The zero-order valence-corrected chi connectivity index (χ0v) is 7.08. The number of aromatic nitrogens is 3. The Kier molecular flexibility index (Phi) is 2.36. The SMILES string of the molecule is c1n[nH]nc1C1CCCNCC1. The number of rotatable bonds is 1. The van der Waals surface area contributed by atoms with E-state index in [1.807, 2.05) is 6.20 Å². The minimum atomic E-state index is 0.610. The first-order valence-electron chi connectivity index (χ1n) is 4.53. The van der Waals surface area contributed by atoms with E-state index in [0.29, 0.717) is 5.92 Å². The van der Waals surface area contributed by atoms with E-state index < -0.39 is 0 Å². The average Bonchev–Trinajstić information content (AvgIpc) is 2.48. The van der Waals surface area contributed by atoms with E-state index in [4.69, 9.17) is 0 Å². The van der Waals surface area contributed by atoms with Crippen LogP contribution in [0.1, 0.15) is 30.9 Å². The van der Waals surface area contributed by atoms with Crippen LogP contribution in [0.25, 0.3) is 0 Å². The zero-order chi connectivity index (χ0) is 8.23. The second-order valence-electron chi connectivity index (χ2n) is 3.27. The molecule has 2 N–H and O–H groups in total. The van der Waals surface area contributed by atoms with Gasteiger partial charge in [0.25, 0.3) is 0 Å². The molecule has 2 heterocycles. The number of hydrogen-bond donors (Lipinski definition) is 2. The van der Waals surface area contributed by atoms with Crippen LogP contribution in [-0.4, -0.2) is 28.5 Å². The van der Waals surface area contributed by atoms with Crippen molar-refractivity contribution in [1.29, 1.82) is 0 Å². The molecule has 1 aromatic heterocycles. The van der Waals surface area contributed by atoms with Gasteiger partial charge in [-0.2, -0.15) is 15.4 Å². The summed E-state index contributed by atoms with van der Waals surface area (Å²) in [5, 5.41) is 14.0. The highest BCUT2D eigenvalue weighted by Gasteiger charge is 2.15. The average molecular weight is 166 g/mol. The highest BCUT2D eigenvalue weighted by molar-refractivity contribution is 5.01. The van der Waals surface area contributed by atoms with Crippen molar-refractivity contribution in [3.05, 3.63) is 11.9 Å². The first-order chi connectivity index (χ1) is 5.97. The lowest BCUT2D eigenvalue weighted by Crippen LogP contribution is -2.13. The smallest absolute Gasteiger partial charge is 0.0856 e. The molecule has 0 amide bonds. The fourth-order valence-electron chi connectivity index (χ4n) is 1.72. The van der Waals surface area contributed by atoms with Gasteiger partial charge < -0.3 is 5.32 Å². The Hall–Kier alpha value is -0.900. The quantitative estimate of drug-likeness (QED) is 0.644. The molecule has 4 heteroatoms. The van der Waals surface area contributed by atoms with Crippen LogP contribution in [0.3, 0.4) is 0 Å². The van der Waals surface area contributed by atoms with Gasteiger partial charge >= 0.3 is 0 Å². The van der Waals surface area contributed by atoms with E-state index in [2.05, 4.69) is 20.7 Å². The van der Waals surface area contributed by atoms with Gasteiger partial charge in [-0.3, -0.25) is 0 Å². The van der Waals surface area contributed by atoms with Crippen molar-refractivity contribution in [3.8, 4) is 0 Å². The van der Waals surface area contributed by atoms with Gasteiger partial charge in [0, 0.05) is 5.92 Å². The van der Waals surface area contributed by atoms with E-state index in [0.717, 1.165) is 18.8 Å². The van der Waals surface area contributed by atoms with Crippen LogP contribution in [0.2, 0.25) is 0 Å². The van der Waals surface area contributed by atoms with Gasteiger partial charge in [-0.25, -0.2) is 0 Å². The van der Waals surface area contributed by atoms with Crippen LogP contribution in [0, 0.1) is 0 Å². The topological polar surface area (TPSA) is 53.6 Å². The van der Waals surface area contributed by atoms with Gasteiger partial charge in [0.15, 0.2) is 0 Å². The van der Waals surface area contributed by atoms with Crippen LogP contribution in [0.4, 0.5) is 0 Å². The molecule has 0 aromatic carbocycles. The molecule has 0 radical (unpaired) electrons. The van der Waals surface area contributed by atoms with Gasteiger partial charge in [-0.1, -0.05) is 0 Å². The number of H-pyrrole nitrogens is 1. The van der Waals surface area contributed by atoms with Crippen molar-refractivity contribution in [3.63, 3.8) is 0 Å². The van der Waals surface area contributed by atoms with Crippen LogP contribution in [0.15, 0.2) is 6.20 Å². The molecule has 1 saturated heterocycles. The van der Waals surface area contributed by atoms with E-state index in [9.17, 15) is 0 Å². The molecule has 1 atom stereocenters. The monoisotopic (exact) mass is 166 g/mol. The normalized spacial score (nSPS) is 25.2. The zero-order valence-electron chi connectivity index (χ0n) is 7.08. The molecule has 1 aliphatic heterocycles. The standard InChI is InChI=1S/C8H14N4/c1-2-7(3-5-9-4-1)8-6-10-12-11-8/h6-7,9H,1-5H2,(H,10,11,12). The Morgan fingerprint density at radius 1 is 1.33 bits per heavy atom. The number of nitrogens with zero attached hydrogens (tertiary/aromatic N) is 2. The van der Waals surface area contributed by atoms with Crippen LogP contribution < -0.4 is 5.32 Å². The number of aromatic amines is 1. The molecule has 66 valence electrons. The minimum absolute atomic E-state index is 0.610. The Morgan fingerprint density at radius 3 is 3.17 bits per heavy atom. The summed E-state index contributed by atoms with van der Waals surface area (Å²) >= 11 is 0. The van der Waals surface area contributed by atoms with Crippen molar-refractivity contribution in [1.82, 2.24) is 20.7 Å². The lowest BCUT2D eigenvalue weighted by atomic mass is 9.98. The molecule has 1 fully saturated rings. The van der Waals surface area contributed by atoms with Crippen LogP contribution in [0.5, 0.6) is 0 Å². The molecule has 0 spiro atoms. The Bertz CT molecular complexity index is 211. The second-order valence-corrected chi connectivity index (χ2v) is 3.27. The molecule has 4 nitrogen and oxygen atoms in total. The summed E-state index contributed by atoms with van der Waals surface area (Å²) in [4.78, 5) is 0. The van der Waals surface area contributed by atoms with Crippen LogP contribution in [-0.2, 0) is 0 Å². The van der Waals surface area contributed by atoms with Crippen molar-refractivity contribution in [2.75, 3.05) is 13.1 Å². The van der Waals surface area contributed by atoms with Gasteiger partial charge in [0.05, 0.1) is 11.9 Å². The van der Waals surface area contributed by atoms with E-state index >= 15 is 0 Å². The third-order valence-corrected chi connectivity index (χ3v) is 2.43. The molecular weight excluding hydrogens is 152 g/mol. The molecule has 1 aromatic rings. The predicted molar refractivity (Wildman–Crippen MR) is 45.8 cm³/mol. The molecule has 12 heavy (non-hydrogen) atoms. The number of hydrogen-bond acceptors (Lipinski definition) is 3. The molecule has 0 aliphatic carbocycles. The third-order valence-electron chi connectivity index (χ3n) is 2.43. The maximum atomic E-state index is 4.12. The fraction of sp³-hybridized carbons (Fsp3) is 0.750. The molecule has 1 aliphatic rings. The maximum Gasteiger partial charge on any atom is 0.0856 e.